The van der Waals surface area contributed by atoms with E-state index < -0.39 is 0 Å². The van der Waals surface area contributed by atoms with Gasteiger partial charge in [-0.1, -0.05) is 24.4 Å². The first-order valence-electron chi connectivity index (χ1n) is 4.71. The lowest BCUT2D eigenvalue weighted by Crippen LogP contribution is -2.00. The van der Waals surface area contributed by atoms with Crippen molar-refractivity contribution in [1.82, 2.24) is 9.78 Å². The van der Waals surface area contributed by atoms with Gasteiger partial charge in [0.25, 0.3) is 0 Å². The van der Waals surface area contributed by atoms with Crippen molar-refractivity contribution >= 4 is 11.6 Å². The molecule has 0 unspecified atom stereocenters. The van der Waals surface area contributed by atoms with E-state index in [2.05, 4.69) is 5.10 Å². The van der Waals surface area contributed by atoms with E-state index in [4.69, 9.17) is 17.3 Å². The molecule has 4 heteroatoms. The number of aromatic nitrogens is 2. The molecule has 0 aromatic carbocycles. The average molecular weight is 202 g/mol. The van der Waals surface area contributed by atoms with Crippen molar-refractivity contribution in [1.29, 1.82) is 0 Å². The molecule has 1 heterocycles. The molecule has 0 aliphatic rings. The summed E-state index contributed by atoms with van der Waals surface area (Å²) in [5.74, 6) is 0. The summed E-state index contributed by atoms with van der Waals surface area (Å²) < 4.78 is 1.88. The van der Waals surface area contributed by atoms with Gasteiger partial charge in [-0.2, -0.15) is 5.10 Å². The van der Waals surface area contributed by atoms with E-state index in [1.807, 2.05) is 10.9 Å². The zero-order valence-electron chi connectivity index (χ0n) is 7.75. The Morgan fingerprint density at radius 2 is 2.08 bits per heavy atom. The molecule has 1 aromatic heterocycles. The van der Waals surface area contributed by atoms with Crippen LogP contribution >= 0.6 is 11.6 Å². The maximum absolute atomic E-state index is 5.72. The minimum Gasteiger partial charge on any atom is -0.330 e. The van der Waals surface area contributed by atoms with E-state index in [9.17, 15) is 0 Å². The summed E-state index contributed by atoms with van der Waals surface area (Å²) in [7, 11) is 0. The first kappa shape index (κ1) is 10.5. The molecule has 0 aliphatic carbocycles. The molecule has 0 bridgehead atoms. The number of hydrogen-bond acceptors (Lipinski definition) is 2. The molecule has 0 radical (unpaired) electrons. The second-order valence-electron chi connectivity index (χ2n) is 3.12. The Hall–Kier alpha value is -0.540. The van der Waals surface area contributed by atoms with Crippen LogP contribution in [0.15, 0.2) is 12.4 Å². The van der Waals surface area contributed by atoms with Crippen molar-refractivity contribution in [3.8, 4) is 0 Å². The smallest absolute Gasteiger partial charge is 0.0785 e. The number of hydrogen-bond donors (Lipinski definition) is 1. The van der Waals surface area contributed by atoms with Crippen molar-refractivity contribution in [3.63, 3.8) is 0 Å². The van der Waals surface area contributed by atoms with Gasteiger partial charge in [0.1, 0.15) is 0 Å². The Bertz CT molecular complexity index is 235. The second-order valence-corrected chi connectivity index (χ2v) is 3.56. The van der Waals surface area contributed by atoms with Crippen molar-refractivity contribution in [3.05, 3.63) is 17.4 Å². The average Bonchev–Trinajstić information content (AvgIpc) is 2.51. The molecule has 1 rings (SSSR count). The molecule has 0 spiro atoms. The molecule has 0 amide bonds. The zero-order chi connectivity index (χ0) is 9.52. The highest BCUT2D eigenvalue weighted by Gasteiger charge is 1.94. The number of halogens is 1. The van der Waals surface area contributed by atoms with Crippen LogP contribution in [-0.2, 0) is 6.54 Å². The summed E-state index contributed by atoms with van der Waals surface area (Å²) in [6.07, 6.45) is 8.23. The predicted molar refractivity (Wildman–Crippen MR) is 54.8 cm³/mol. The van der Waals surface area contributed by atoms with Gasteiger partial charge in [0.05, 0.1) is 11.2 Å². The lowest BCUT2D eigenvalue weighted by Gasteiger charge is -2.00. The van der Waals surface area contributed by atoms with E-state index in [-0.39, 0.29) is 0 Å². The van der Waals surface area contributed by atoms with Crippen LogP contribution in [0.3, 0.4) is 0 Å². The minimum atomic E-state index is 0.710. The molecule has 13 heavy (non-hydrogen) atoms. The lowest BCUT2D eigenvalue weighted by atomic mass is 10.2. The fraction of sp³-hybridized carbons (Fsp3) is 0.667. The third-order valence-corrected chi connectivity index (χ3v) is 2.14. The molecule has 0 aliphatic heterocycles. The highest BCUT2D eigenvalue weighted by molar-refractivity contribution is 6.30. The third-order valence-electron chi connectivity index (χ3n) is 1.94. The molecule has 74 valence electrons. The number of nitrogens with zero attached hydrogens (tertiary/aromatic N) is 2. The number of nitrogens with two attached hydrogens (primary N) is 1. The molecule has 2 N–H and O–H groups in total. The normalized spacial score (nSPS) is 10.6. The highest BCUT2D eigenvalue weighted by Crippen LogP contribution is 2.06. The fourth-order valence-corrected chi connectivity index (χ4v) is 1.39. The highest BCUT2D eigenvalue weighted by atomic mass is 35.5. The molecule has 0 atom stereocenters. The van der Waals surface area contributed by atoms with Crippen LogP contribution < -0.4 is 5.73 Å². The molecule has 0 saturated carbocycles. The minimum absolute atomic E-state index is 0.710. The predicted octanol–water partition coefficient (Wildman–Crippen LogP) is 2.06. The van der Waals surface area contributed by atoms with Gasteiger partial charge in [0.2, 0.25) is 0 Å². The summed E-state index contributed by atoms with van der Waals surface area (Å²) in [6.45, 7) is 1.75. The Morgan fingerprint density at radius 1 is 1.31 bits per heavy atom. The summed E-state index contributed by atoms with van der Waals surface area (Å²) >= 11 is 5.72. The van der Waals surface area contributed by atoms with Crippen LogP contribution in [0.5, 0.6) is 0 Å². The topological polar surface area (TPSA) is 43.8 Å². The van der Waals surface area contributed by atoms with Gasteiger partial charge >= 0.3 is 0 Å². The Balaban J connectivity index is 2.06. The summed E-state index contributed by atoms with van der Waals surface area (Å²) in [5.41, 5.74) is 5.39. The van der Waals surface area contributed by atoms with E-state index in [0.717, 1.165) is 25.9 Å². The van der Waals surface area contributed by atoms with E-state index in [1.165, 1.54) is 12.8 Å². The van der Waals surface area contributed by atoms with Gasteiger partial charge in [-0.3, -0.25) is 4.68 Å². The molecule has 0 fully saturated rings. The van der Waals surface area contributed by atoms with Crippen LogP contribution in [0.2, 0.25) is 5.02 Å². The summed E-state index contributed by atoms with van der Waals surface area (Å²) in [6, 6.07) is 0. The summed E-state index contributed by atoms with van der Waals surface area (Å²) in [5, 5.41) is 4.80. The Labute approximate surface area is 83.9 Å². The van der Waals surface area contributed by atoms with E-state index in [0.29, 0.717) is 5.02 Å². The van der Waals surface area contributed by atoms with Gasteiger partial charge in [0.15, 0.2) is 0 Å². The molecular weight excluding hydrogens is 186 g/mol. The van der Waals surface area contributed by atoms with E-state index in [1.54, 1.807) is 6.20 Å². The maximum Gasteiger partial charge on any atom is 0.0785 e. The van der Waals surface area contributed by atoms with Crippen LogP contribution in [0.1, 0.15) is 25.7 Å². The molecule has 1 aromatic rings. The Kier molecular flexibility index (Phi) is 4.86. The van der Waals surface area contributed by atoms with Gasteiger partial charge < -0.3 is 5.73 Å². The van der Waals surface area contributed by atoms with Gasteiger partial charge in [-0.05, 0) is 19.4 Å². The van der Waals surface area contributed by atoms with Gasteiger partial charge in [-0.25, -0.2) is 0 Å². The first-order chi connectivity index (χ1) is 6.33. The standard InChI is InChI=1S/C9H16ClN3/c10-9-7-12-13(8-9)6-4-2-1-3-5-11/h7-8H,1-6,11H2. The molecule has 3 nitrogen and oxygen atoms in total. The largest absolute Gasteiger partial charge is 0.330 e. The van der Waals surface area contributed by atoms with Crippen molar-refractivity contribution in [2.24, 2.45) is 5.73 Å². The van der Waals surface area contributed by atoms with Crippen LogP contribution in [0, 0.1) is 0 Å². The van der Waals surface area contributed by atoms with Crippen LogP contribution in [-0.4, -0.2) is 16.3 Å². The number of rotatable bonds is 6. The zero-order valence-corrected chi connectivity index (χ0v) is 8.50. The quantitative estimate of drug-likeness (QED) is 0.716. The molecule has 0 saturated heterocycles. The molecular formula is C9H16ClN3. The van der Waals surface area contributed by atoms with E-state index >= 15 is 0 Å². The third kappa shape index (κ3) is 4.29. The van der Waals surface area contributed by atoms with Crippen molar-refractivity contribution < 1.29 is 0 Å². The Morgan fingerprint density at radius 3 is 2.69 bits per heavy atom. The maximum atomic E-state index is 5.72. The van der Waals surface area contributed by atoms with Crippen molar-refractivity contribution in [2.45, 2.75) is 32.2 Å². The lowest BCUT2D eigenvalue weighted by molar-refractivity contribution is 0.537. The number of aryl methyl sites for hydroxylation is 1. The second kappa shape index (κ2) is 6.00. The monoisotopic (exact) mass is 201 g/mol. The fourth-order valence-electron chi connectivity index (χ4n) is 1.23. The van der Waals surface area contributed by atoms with Crippen LogP contribution in [0.4, 0.5) is 0 Å². The van der Waals surface area contributed by atoms with Gasteiger partial charge in [0, 0.05) is 12.7 Å². The van der Waals surface area contributed by atoms with Crippen molar-refractivity contribution in [2.75, 3.05) is 6.54 Å². The van der Waals surface area contributed by atoms with Crippen LogP contribution in [0.25, 0.3) is 0 Å². The SMILES string of the molecule is NCCCCCCn1cc(Cl)cn1. The first-order valence-corrected chi connectivity index (χ1v) is 5.09. The summed E-state index contributed by atoms with van der Waals surface area (Å²) in [4.78, 5) is 0. The van der Waals surface area contributed by atoms with Gasteiger partial charge in [-0.15, -0.1) is 0 Å². The number of unbranched alkanes of at least 4 members (excludes halogenated alkanes) is 3.